The van der Waals surface area contributed by atoms with E-state index in [1.54, 1.807) is 0 Å². The number of thioether (sulfide) groups is 1. The molecule has 0 atom stereocenters. The minimum absolute atomic E-state index is 0.0320. The molecule has 0 aliphatic carbocycles. The van der Waals surface area contributed by atoms with Gasteiger partial charge < -0.3 is 9.52 Å². The first-order valence-electron chi connectivity index (χ1n) is 8.50. The van der Waals surface area contributed by atoms with Gasteiger partial charge in [0, 0.05) is 24.6 Å². The second kappa shape index (κ2) is 8.60. The van der Waals surface area contributed by atoms with Crippen molar-refractivity contribution < 1.29 is 36.7 Å². The van der Waals surface area contributed by atoms with Crippen molar-refractivity contribution in [2.45, 2.75) is 19.0 Å². The molecule has 30 heavy (non-hydrogen) atoms. The Balaban J connectivity index is 1.79. The van der Waals surface area contributed by atoms with Crippen LogP contribution in [0.25, 0.3) is 17.4 Å². The summed E-state index contributed by atoms with van der Waals surface area (Å²) in [5.74, 6) is -2.50. The Bertz CT molecular complexity index is 1050. The Kier molecular flexibility index (Phi) is 6.32. The molecule has 1 aliphatic heterocycles. The summed E-state index contributed by atoms with van der Waals surface area (Å²) in [4.78, 5) is 24.6. The molecular weight excluding hydrogens is 446 g/mol. The molecule has 2 heterocycles. The number of carboxylic acids is 1. The summed E-state index contributed by atoms with van der Waals surface area (Å²) >= 11 is 6.15. The normalized spacial score (nSPS) is 16.0. The van der Waals surface area contributed by atoms with Crippen LogP contribution in [0.4, 0.5) is 17.6 Å². The summed E-state index contributed by atoms with van der Waals surface area (Å²) in [6, 6.07) is 5.40. The number of benzene rings is 1. The third-order valence-electron chi connectivity index (χ3n) is 4.10. The van der Waals surface area contributed by atoms with Crippen molar-refractivity contribution in [2.24, 2.45) is 0 Å². The van der Waals surface area contributed by atoms with Gasteiger partial charge in [-0.1, -0.05) is 24.0 Å². The number of nitrogens with zero attached hydrogens (tertiary/aromatic N) is 1. The lowest BCUT2D eigenvalue weighted by Gasteiger charge is -2.13. The lowest BCUT2D eigenvalue weighted by molar-refractivity contribution is -0.140. The van der Waals surface area contributed by atoms with Crippen molar-refractivity contribution in [3.05, 3.63) is 52.4 Å². The SMILES string of the molecule is O=C(O)CCCN1C(=O)C(=Cc2ccc(-c3ccc(F)c(C(F)(F)F)c3)o2)SC1=S. The third kappa shape index (κ3) is 4.90. The van der Waals surface area contributed by atoms with Crippen molar-refractivity contribution in [3.63, 3.8) is 0 Å². The molecule has 11 heteroatoms. The molecule has 0 unspecified atom stereocenters. The van der Waals surface area contributed by atoms with Gasteiger partial charge in [0.15, 0.2) is 0 Å². The molecule has 1 amide bonds. The molecule has 1 fully saturated rings. The van der Waals surface area contributed by atoms with Gasteiger partial charge in [-0.15, -0.1) is 0 Å². The molecule has 1 N–H and O–H groups in total. The van der Waals surface area contributed by atoms with E-state index < -0.39 is 29.4 Å². The number of hydrogen-bond acceptors (Lipinski definition) is 5. The summed E-state index contributed by atoms with van der Waals surface area (Å²) in [5.41, 5.74) is -1.37. The number of carbonyl (C=O) groups is 2. The fourth-order valence-corrected chi connectivity index (χ4v) is 3.98. The van der Waals surface area contributed by atoms with Gasteiger partial charge in [0.1, 0.15) is 21.7 Å². The van der Waals surface area contributed by atoms with E-state index in [2.05, 4.69) is 0 Å². The van der Waals surface area contributed by atoms with E-state index >= 15 is 0 Å². The monoisotopic (exact) mass is 459 g/mol. The van der Waals surface area contributed by atoms with Crippen LogP contribution in [0.15, 0.2) is 39.7 Å². The van der Waals surface area contributed by atoms with Crippen LogP contribution in [-0.4, -0.2) is 32.7 Å². The van der Waals surface area contributed by atoms with Crippen LogP contribution in [0.3, 0.4) is 0 Å². The topological polar surface area (TPSA) is 70.8 Å². The van der Waals surface area contributed by atoms with Crippen LogP contribution in [-0.2, 0) is 15.8 Å². The maximum atomic E-state index is 13.5. The summed E-state index contributed by atoms with van der Waals surface area (Å²) in [7, 11) is 0. The number of alkyl halides is 3. The minimum Gasteiger partial charge on any atom is -0.481 e. The lowest BCUT2D eigenvalue weighted by Crippen LogP contribution is -2.29. The number of aliphatic carboxylic acids is 1. The standard InChI is InChI=1S/C19H13F4NO4S2/c20-13-5-3-10(8-12(13)19(21,22)23)14-6-4-11(28-14)9-15-17(27)24(18(29)30-15)7-1-2-16(25)26/h3-6,8-9H,1-2,7H2,(H,25,26). The van der Waals surface area contributed by atoms with Gasteiger partial charge in [0.2, 0.25) is 0 Å². The molecule has 1 aromatic carbocycles. The van der Waals surface area contributed by atoms with Crippen LogP contribution in [0.2, 0.25) is 0 Å². The van der Waals surface area contributed by atoms with Crippen molar-refractivity contribution in [1.82, 2.24) is 4.90 Å². The first kappa shape index (κ1) is 22.0. The van der Waals surface area contributed by atoms with Gasteiger partial charge in [-0.3, -0.25) is 14.5 Å². The highest BCUT2D eigenvalue weighted by atomic mass is 32.2. The van der Waals surface area contributed by atoms with Crippen LogP contribution < -0.4 is 0 Å². The maximum absolute atomic E-state index is 13.5. The molecular formula is C19H13F4NO4S2. The Hall–Kier alpha value is -2.66. The Morgan fingerprint density at radius 1 is 1.27 bits per heavy atom. The maximum Gasteiger partial charge on any atom is 0.419 e. The van der Waals surface area contributed by atoms with Crippen LogP contribution in [0.1, 0.15) is 24.2 Å². The van der Waals surface area contributed by atoms with E-state index in [1.165, 1.54) is 23.1 Å². The minimum atomic E-state index is -4.84. The zero-order chi connectivity index (χ0) is 22.1. The molecule has 1 aromatic heterocycles. The summed E-state index contributed by atoms with van der Waals surface area (Å²) in [6.07, 6.45) is -3.31. The van der Waals surface area contributed by atoms with Crippen molar-refractivity contribution in [3.8, 4) is 11.3 Å². The van der Waals surface area contributed by atoms with Crippen molar-refractivity contribution in [1.29, 1.82) is 0 Å². The van der Waals surface area contributed by atoms with Gasteiger partial charge in [-0.2, -0.15) is 13.2 Å². The van der Waals surface area contributed by atoms with Crippen LogP contribution in [0.5, 0.6) is 0 Å². The molecule has 1 saturated heterocycles. The highest BCUT2D eigenvalue weighted by Crippen LogP contribution is 2.36. The van der Waals surface area contributed by atoms with Crippen LogP contribution >= 0.6 is 24.0 Å². The molecule has 0 bridgehead atoms. The predicted molar refractivity (Wildman–Crippen MR) is 106 cm³/mol. The Morgan fingerprint density at radius 2 is 2.00 bits per heavy atom. The second-order valence-electron chi connectivity index (χ2n) is 6.23. The average molecular weight is 459 g/mol. The zero-order valence-corrected chi connectivity index (χ0v) is 16.7. The molecule has 3 rings (SSSR count). The second-order valence-corrected chi connectivity index (χ2v) is 7.90. The van der Waals surface area contributed by atoms with E-state index in [0.29, 0.717) is 12.1 Å². The molecule has 0 radical (unpaired) electrons. The molecule has 0 saturated carbocycles. The number of halogens is 4. The number of carbonyl (C=O) groups excluding carboxylic acids is 1. The number of hydrogen-bond donors (Lipinski definition) is 1. The fraction of sp³-hybridized carbons (Fsp3) is 0.211. The van der Waals surface area contributed by atoms with Gasteiger partial charge >= 0.3 is 12.1 Å². The van der Waals surface area contributed by atoms with E-state index in [4.69, 9.17) is 21.7 Å². The Morgan fingerprint density at radius 3 is 2.67 bits per heavy atom. The molecule has 2 aromatic rings. The van der Waals surface area contributed by atoms with Gasteiger partial charge in [-0.05, 0) is 36.8 Å². The third-order valence-corrected chi connectivity index (χ3v) is 5.48. The number of thiocarbonyl (C=S) groups is 1. The highest BCUT2D eigenvalue weighted by Gasteiger charge is 2.35. The molecule has 1 aliphatic rings. The quantitative estimate of drug-likeness (QED) is 0.365. The number of rotatable bonds is 6. The first-order valence-corrected chi connectivity index (χ1v) is 9.73. The molecule has 158 valence electrons. The largest absolute Gasteiger partial charge is 0.481 e. The van der Waals surface area contributed by atoms with Gasteiger partial charge in [0.25, 0.3) is 5.91 Å². The molecule has 5 nitrogen and oxygen atoms in total. The van der Waals surface area contributed by atoms with Crippen molar-refractivity contribution in [2.75, 3.05) is 6.54 Å². The van der Waals surface area contributed by atoms with Crippen LogP contribution in [0, 0.1) is 5.82 Å². The summed E-state index contributed by atoms with van der Waals surface area (Å²) in [5, 5.41) is 8.69. The smallest absolute Gasteiger partial charge is 0.419 e. The summed E-state index contributed by atoms with van der Waals surface area (Å²) < 4.78 is 57.9. The number of amides is 1. The predicted octanol–water partition coefficient (Wildman–Crippen LogP) is 5.17. The summed E-state index contributed by atoms with van der Waals surface area (Å²) in [6.45, 7) is 0.160. The van der Waals surface area contributed by atoms with Gasteiger partial charge in [-0.25, -0.2) is 4.39 Å². The molecule has 0 spiro atoms. The van der Waals surface area contributed by atoms with E-state index in [-0.39, 0.29) is 45.7 Å². The van der Waals surface area contributed by atoms with E-state index in [0.717, 1.165) is 17.8 Å². The first-order chi connectivity index (χ1) is 14.1. The fourth-order valence-electron chi connectivity index (χ4n) is 2.69. The zero-order valence-electron chi connectivity index (χ0n) is 15.0. The highest BCUT2D eigenvalue weighted by molar-refractivity contribution is 8.26. The Labute approximate surface area is 177 Å². The average Bonchev–Trinajstić information content (AvgIpc) is 3.21. The lowest BCUT2D eigenvalue weighted by atomic mass is 10.1. The van der Waals surface area contributed by atoms with Crippen molar-refractivity contribution >= 4 is 46.3 Å². The number of carboxylic acid groups (broad SMARTS) is 1. The van der Waals surface area contributed by atoms with E-state index in [9.17, 15) is 27.2 Å². The number of furan rings is 1. The van der Waals surface area contributed by atoms with Gasteiger partial charge in [0.05, 0.1) is 10.5 Å². The van der Waals surface area contributed by atoms with E-state index in [1.807, 2.05) is 0 Å².